The second-order valence-corrected chi connectivity index (χ2v) is 16.4. The minimum atomic E-state index is -3.46. The molecule has 276 valence electrons. The molecule has 13 heteroatoms. The molecule has 2 N–H and O–H groups in total. The summed E-state index contributed by atoms with van der Waals surface area (Å²) >= 11 is 0. The Morgan fingerprint density at radius 2 is 0.596 bits per heavy atom. The molecule has 0 unspecified atom stereocenters. The number of rotatable bonds is 34. The van der Waals surface area contributed by atoms with Crippen molar-refractivity contribution in [3.8, 4) is 0 Å². The molecule has 0 rings (SSSR count). The standard InChI is InChI=1S/2C17H35NO4S.Ca/c2*1-2-3-4-5-6-7-8-9-10-11-12-13-14-15-23(21,22)18-16-17(19)20;/h2*18H,2-16H2,1H3,(H,19,20);/q;;+2/p-2. The van der Waals surface area contributed by atoms with Crippen LogP contribution in [0.25, 0.3) is 0 Å². The van der Waals surface area contributed by atoms with Gasteiger partial charge in [-0.2, -0.15) is 0 Å². The van der Waals surface area contributed by atoms with Crippen LogP contribution in [0.1, 0.15) is 181 Å². The van der Waals surface area contributed by atoms with Crippen molar-refractivity contribution in [2.75, 3.05) is 24.6 Å². The van der Waals surface area contributed by atoms with Gasteiger partial charge in [-0.1, -0.05) is 168 Å². The molecule has 0 aromatic heterocycles. The minimum absolute atomic E-state index is 0. The number of carbonyl (C=O) groups excluding carboxylic acids is 2. The van der Waals surface area contributed by atoms with Crippen molar-refractivity contribution < 1.29 is 36.6 Å². The number of carboxylic acids is 2. The van der Waals surface area contributed by atoms with Crippen molar-refractivity contribution in [2.24, 2.45) is 0 Å². The van der Waals surface area contributed by atoms with E-state index in [9.17, 15) is 36.6 Å². The summed E-state index contributed by atoms with van der Waals surface area (Å²) in [5, 5.41) is 20.4. The molecule has 0 aliphatic carbocycles. The third-order valence-electron chi connectivity index (χ3n) is 7.91. The number of carboxylic acid groups (broad SMARTS) is 2. The van der Waals surface area contributed by atoms with Crippen LogP contribution in [0.5, 0.6) is 0 Å². The summed E-state index contributed by atoms with van der Waals surface area (Å²) in [5.74, 6) is -2.81. The molecular weight excluding hydrogens is 669 g/mol. The summed E-state index contributed by atoms with van der Waals surface area (Å²) in [4.78, 5) is 20.4. The van der Waals surface area contributed by atoms with Crippen molar-refractivity contribution in [3.63, 3.8) is 0 Å². The molecule has 0 aromatic rings. The summed E-state index contributed by atoms with van der Waals surface area (Å²) < 4.78 is 49.8. The Morgan fingerprint density at radius 1 is 0.404 bits per heavy atom. The van der Waals surface area contributed by atoms with Gasteiger partial charge in [0, 0.05) is 0 Å². The second kappa shape index (κ2) is 37.3. The van der Waals surface area contributed by atoms with Crippen LogP contribution in [0.3, 0.4) is 0 Å². The maximum Gasteiger partial charge on any atom is 2.00 e. The zero-order valence-electron chi connectivity index (χ0n) is 30.0. The molecule has 0 amide bonds. The van der Waals surface area contributed by atoms with E-state index in [2.05, 4.69) is 13.8 Å². The van der Waals surface area contributed by atoms with E-state index in [0.717, 1.165) is 38.5 Å². The third-order valence-corrected chi connectivity index (χ3v) is 10.7. The van der Waals surface area contributed by atoms with Gasteiger partial charge < -0.3 is 19.8 Å². The molecule has 0 bridgehead atoms. The first kappa shape index (κ1) is 51.4. The first-order valence-electron chi connectivity index (χ1n) is 18.3. The van der Waals surface area contributed by atoms with E-state index in [1.807, 2.05) is 9.44 Å². The van der Waals surface area contributed by atoms with E-state index >= 15 is 0 Å². The number of sulfonamides is 2. The average molecular weight is 737 g/mol. The van der Waals surface area contributed by atoms with Gasteiger partial charge in [-0.25, -0.2) is 26.3 Å². The minimum Gasteiger partial charge on any atom is -0.549 e. The van der Waals surface area contributed by atoms with Crippen molar-refractivity contribution in [3.05, 3.63) is 0 Å². The summed E-state index contributed by atoms with van der Waals surface area (Å²) in [6.45, 7) is 3.19. The van der Waals surface area contributed by atoms with Crippen LogP contribution >= 0.6 is 0 Å². The van der Waals surface area contributed by atoms with Gasteiger partial charge in [-0.15, -0.1) is 0 Å². The number of unbranched alkanes of at least 4 members (excludes halogenated alkanes) is 24. The first-order valence-corrected chi connectivity index (χ1v) is 21.6. The van der Waals surface area contributed by atoms with Crippen LogP contribution in [-0.2, 0) is 29.6 Å². The Balaban J connectivity index is -0.000000807. The summed E-state index contributed by atoms with van der Waals surface area (Å²) in [6, 6.07) is 0. The smallest absolute Gasteiger partial charge is 0.549 e. The van der Waals surface area contributed by atoms with E-state index in [0.29, 0.717) is 12.8 Å². The van der Waals surface area contributed by atoms with Gasteiger partial charge in [0.25, 0.3) is 0 Å². The summed E-state index contributed by atoms with van der Waals surface area (Å²) in [6.07, 6.45) is 31.2. The van der Waals surface area contributed by atoms with E-state index in [1.165, 1.54) is 116 Å². The number of hydrogen-bond acceptors (Lipinski definition) is 8. The molecule has 0 atom stereocenters. The van der Waals surface area contributed by atoms with E-state index < -0.39 is 45.1 Å². The van der Waals surface area contributed by atoms with Crippen LogP contribution in [0.15, 0.2) is 0 Å². The van der Waals surface area contributed by atoms with Gasteiger partial charge in [0.1, 0.15) is 0 Å². The zero-order valence-corrected chi connectivity index (χ0v) is 33.8. The topological polar surface area (TPSA) is 173 Å². The maximum absolute atomic E-state index is 11.4. The van der Waals surface area contributed by atoms with Gasteiger partial charge in [-0.3, -0.25) is 0 Å². The van der Waals surface area contributed by atoms with E-state index in [4.69, 9.17) is 0 Å². The fourth-order valence-corrected chi connectivity index (χ4v) is 7.23. The van der Waals surface area contributed by atoms with Crippen LogP contribution in [0.2, 0.25) is 0 Å². The quantitative estimate of drug-likeness (QED) is 0.0678. The monoisotopic (exact) mass is 736 g/mol. The molecule has 0 saturated heterocycles. The number of aliphatic carboxylic acids is 2. The molecule has 10 nitrogen and oxygen atoms in total. The number of carbonyl (C=O) groups is 2. The predicted molar refractivity (Wildman–Crippen MR) is 191 cm³/mol. The zero-order chi connectivity index (χ0) is 34.8. The van der Waals surface area contributed by atoms with Gasteiger partial charge in [0.05, 0.1) is 36.5 Å². The third kappa shape index (κ3) is 46.0. The van der Waals surface area contributed by atoms with E-state index in [-0.39, 0.29) is 49.2 Å². The van der Waals surface area contributed by atoms with Crippen LogP contribution in [0, 0.1) is 0 Å². The van der Waals surface area contributed by atoms with Gasteiger partial charge in [0.2, 0.25) is 20.0 Å². The Hall–Kier alpha value is 0.0197. The summed E-state index contributed by atoms with van der Waals surface area (Å²) in [7, 11) is -6.92. The van der Waals surface area contributed by atoms with Gasteiger partial charge in [0.15, 0.2) is 0 Å². The molecule has 0 aromatic carbocycles. The fraction of sp³-hybridized carbons (Fsp3) is 0.941. The van der Waals surface area contributed by atoms with Crippen molar-refractivity contribution in [1.82, 2.24) is 9.44 Å². The Kier molecular flexibility index (Phi) is 40.8. The fourth-order valence-electron chi connectivity index (χ4n) is 5.10. The largest absolute Gasteiger partial charge is 2.00 e. The first-order chi connectivity index (χ1) is 22.0. The predicted octanol–water partition coefficient (Wildman–Crippen LogP) is 5.11. The van der Waals surface area contributed by atoms with Crippen LogP contribution in [-0.4, -0.2) is 91.1 Å². The van der Waals surface area contributed by atoms with E-state index in [1.54, 1.807) is 0 Å². The van der Waals surface area contributed by atoms with Crippen LogP contribution in [0.4, 0.5) is 0 Å². The Bertz CT molecular complexity index is 845. The second-order valence-electron chi connectivity index (χ2n) is 12.5. The van der Waals surface area contributed by atoms with Crippen molar-refractivity contribution >= 4 is 69.7 Å². The molecular formula is C34H68CaN2O8S2. The Labute approximate surface area is 318 Å². The normalized spacial score (nSPS) is 11.4. The van der Waals surface area contributed by atoms with Crippen molar-refractivity contribution in [1.29, 1.82) is 0 Å². The van der Waals surface area contributed by atoms with Crippen molar-refractivity contribution in [2.45, 2.75) is 181 Å². The SMILES string of the molecule is CCCCCCCCCCCCCCCS(=O)(=O)NCC(=O)[O-].CCCCCCCCCCCCCCCS(=O)(=O)NCC(=O)[O-].[Ca+2]. The molecule has 0 fully saturated rings. The number of nitrogens with one attached hydrogen (secondary N) is 2. The Morgan fingerprint density at radius 3 is 0.787 bits per heavy atom. The molecule has 0 aliphatic heterocycles. The average Bonchev–Trinajstić information content (AvgIpc) is 3.00. The van der Waals surface area contributed by atoms with Gasteiger partial charge >= 0.3 is 37.7 Å². The molecule has 0 saturated carbocycles. The molecule has 47 heavy (non-hydrogen) atoms. The van der Waals surface area contributed by atoms with Gasteiger partial charge in [-0.05, 0) is 12.8 Å². The molecule has 0 aliphatic rings. The van der Waals surface area contributed by atoms with Crippen LogP contribution < -0.4 is 19.7 Å². The molecule has 0 heterocycles. The maximum atomic E-state index is 11.4. The number of hydrogen-bond donors (Lipinski definition) is 2. The molecule has 0 spiro atoms. The molecule has 0 radical (unpaired) electrons. The summed E-state index contributed by atoms with van der Waals surface area (Å²) in [5.41, 5.74) is 0.